The number of anilines is 1. The zero-order chi connectivity index (χ0) is 21.8. The summed E-state index contributed by atoms with van der Waals surface area (Å²) >= 11 is 3.75. The van der Waals surface area contributed by atoms with Crippen molar-refractivity contribution in [1.29, 1.82) is 0 Å². The maximum absolute atomic E-state index is 5.55. The molecule has 1 aromatic carbocycles. The molecule has 5 heterocycles. The number of aryl methyl sites for hydroxylation is 2. The molecule has 0 amide bonds. The number of hydrogen-bond acceptors (Lipinski definition) is 8. The van der Waals surface area contributed by atoms with Gasteiger partial charge in [-0.25, -0.2) is 15.0 Å². The summed E-state index contributed by atoms with van der Waals surface area (Å²) in [7, 11) is 0. The molecule has 8 heteroatoms. The molecule has 0 spiro atoms. The minimum atomic E-state index is 0.300. The van der Waals surface area contributed by atoms with E-state index >= 15 is 0 Å². The molecule has 3 aliphatic rings. The molecule has 0 radical (unpaired) electrons. The predicted molar refractivity (Wildman–Crippen MR) is 134 cm³/mol. The van der Waals surface area contributed by atoms with Crippen LogP contribution in [0.15, 0.2) is 24.3 Å². The van der Waals surface area contributed by atoms with Gasteiger partial charge in [-0.1, -0.05) is 12.1 Å². The van der Waals surface area contributed by atoms with Gasteiger partial charge >= 0.3 is 0 Å². The molecule has 7 rings (SSSR count). The summed E-state index contributed by atoms with van der Waals surface area (Å²) < 4.78 is 6.82. The molecule has 3 aromatic heterocycles. The zero-order valence-electron chi connectivity index (χ0n) is 18.6. The highest BCUT2D eigenvalue weighted by Gasteiger charge is 2.33. The third-order valence-electron chi connectivity index (χ3n) is 7.18. The van der Waals surface area contributed by atoms with Crippen LogP contribution in [0.5, 0.6) is 0 Å². The standard InChI is InChI=1S/C25H27N5OS2/c1-2-8-20-17(6-1)26-24(33-20)18-7-4-10-30(18)23-22-16-5-3-9-19(16)32-25(22)28-21(27-23)15-29-11-13-31-14-12-29/h1-2,6,8,18H,3-5,7,9-15H2. The van der Waals surface area contributed by atoms with E-state index in [-0.39, 0.29) is 0 Å². The number of benzene rings is 1. The Morgan fingerprint density at radius 3 is 2.79 bits per heavy atom. The van der Waals surface area contributed by atoms with Gasteiger partial charge in [-0.3, -0.25) is 4.90 Å². The number of thiophene rings is 1. The number of aromatic nitrogens is 3. The molecule has 0 saturated carbocycles. The number of fused-ring (bicyclic) bond motifs is 4. The van der Waals surface area contributed by atoms with Crippen LogP contribution in [0, 0.1) is 0 Å². The van der Waals surface area contributed by atoms with E-state index in [2.05, 4.69) is 34.1 Å². The molecule has 0 N–H and O–H groups in total. The summed E-state index contributed by atoms with van der Waals surface area (Å²) in [5.74, 6) is 2.11. The highest BCUT2D eigenvalue weighted by molar-refractivity contribution is 7.19. The fourth-order valence-electron chi connectivity index (χ4n) is 5.57. The second-order valence-electron chi connectivity index (χ2n) is 9.26. The van der Waals surface area contributed by atoms with Gasteiger partial charge in [0.15, 0.2) is 0 Å². The summed E-state index contributed by atoms with van der Waals surface area (Å²) in [6, 6.07) is 8.80. The van der Waals surface area contributed by atoms with Crippen LogP contribution in [0.2, 0.25) is 0 Å². The first-order chi connectivity index (χ1) is 16.3. The van der Waals surface area contributed by atoms with Crippen molar-refractivity contribution in [2.24, 2.45) is 0 Å². The SMILES string of the molecule is c1ccc2sc(C3CCCN3c3nc(CN4CCOCC4)nc4sc5c(c34)CCC5)nc2c1. The van der Waals surface area contributed by atoms with Crippen molar-refractivity contribution in [3.63, 3.8) is 0 Å². The largest absolute Gasteiger partial charge is 0.379 e. The number of ether oxygens (including phenoxy) is 1. The molecular formula is C25H27N5OS2. The van der Waals surface area contributed by atoms with E-state index in [1.165, 1.54) is 49.6 Å². The lowest BCUT2D eigenvalue weighted by atomic mass is 10.1. The van der Waals surface area contributed by atoms with Gasteiger partial charge in [0, 0.05) is 24.5 Å². The number of morpholine rings is 1. The van der Waals surface area contributed by atoms with E-state index in [1.807, 2.05) is 22.7 Å². The fourth-order valence-corrected chi connectivity index (χ4v) is 7.96. The van der Waals surface area contributed by atoms with Crippen LogP contribution in [-0.2, 0) is 24.1 Å². The normalized spacial score (nSPS) is 21.5. The van der Waals surface area contributed by atoms with Crippen LogP contribution in [-0.4, -0.2) is 52.7 Å². The van der Waals surface area contributed by atoms with Crippen molar-refractivity contribution in [1.82, 2.24) is 19.9 Å². The smallest absolute Gasteiger partial charge is 0.146 e. The van der Waals surface area contributed by atoms with Crippen molar-refractivity contribution in [3.05, 3.63) is 45.5 Å². The zero-order valence-corrected chi connectivity index (χ0v) is 20.3. The number of rotatable bonds is 4. The van der Waals surface area contributed by atoms with Gasteiger partial charge in [-0.2, -0.15) is 0 Å². The van der Waals surface area contributed by atoms with Crippen molar-refractivity contribution in [3.8, 4) is 0 Å². The quantitative estimate of drug-likeness (QED) is 0.414. The molecule has 2 fully saturated rings. The first-order valence-electron chi connectivity index (χ1n) is 12.1. The first-order valence-corrected chi connectivity index (χ1v) is 13.7. The second kappa shape index (κ2) is 8.27. The number of nitrogens with zero attached hydrogens (tertiary/aromatic N) is 5. The van der Waals surface area contributed by atoms with Crippen molar-refractivity contribution >= 4 is 48.9 Å². The Hall–Kier alpha value is -2.13. The van der Waals surface area contributed by atoms with Crippen molar-refractivity contribution in [2.75, 3.05) is 37.7 Å². The molecule has 2 saturated heterocycles. The Bertz CT molecular complexity index is 1290. The Morgan fingerprint density at radius 1 is 0.970 bits per heavy atom. The van der Waals surface area contributed by atoms with Crippen LogP contribution in [0.3, 0.4) is 0 Å². The molecule has 4 aromatic rings. The van der Waals surface area contributed by atoms with Crippen LogP contribution in [0.1, 0.15) is 46.6 Å². The van der Waals surface area contributed by atoms with E-state index in [4.69, 9.17) is 19.7 Å². The fraction of sp³-hybridized carbons (Fsp3) is 0.480. The monoisotopic (exact) mass is 477 g/mol. The summed E-state index contributed by atoms with van der Waals surface area (Å²) in [5.41, 5.74) is 2.62. The Morgan fingerprint density at radius 2 is 1.88 bits per heavy atom. The van der Waals surface area contributed by atoms with Crippen molar-refractivity contribution < 1.29 is 4.74 Å². The number of hydrogen-bond donors (Lipinski definition) is 0. The van der Waals surface area contributed by atoms with Crippen LogP contribution < -0.4 is 4.90 Å². The topological polar surface area (TPSA) is 54.4 Å². The van der Waals surface area contributed by atoms with E-state index < -0.39 is 0 Å². The molecule has 6 nitrogen and oxygen atoms in total. The second-order valence-corrected chi connectivity index (χ2v) is 11.4. The van der Waals surface area contributed by atoms with Crippen LogP contribution in [0.25, 0.3) is 20.4 Å². The first kappa shape index (κ1) is 20.3. The third-order valence-corrected chi connectivity index (χ3v) is 9.50. The van der Waals surface area contributed by atoms with E-state index in [0.29, 0.717) is 6.04 Å². The molecule has 1 atom stereocenters. The Kier molecular flexibility index (Phi) is 5.08. The van der Waals surface area contributed by atoms with Crippen LogP contribution in [0.4, 0.5) is 5.82 Å². The average Bonchev–Trinajstić information content (AvgIpc) is 3.61. The van der Waals surface area contributed by atoms with E-state index in [9.17, 15) is 0 Å². The highest BCUT2D eigenvalue weighted by Crippen LogP contribution is 2.45. The highest BCUT2D eigenvalue weighted by atomic mass is 32.1. The number of para-hydroxylation sites is 1. The Labute approximate surface area is 201 Å². The third kappa shape index (κ3) is 3.55. The molecule has 2 aliphatic heterocycles. The Balaban J connectivity index is 1.32. The van der Waals surface area contributed by atoms with Gasteiger partial charge in [-0.05, 0) is 49.8 Å². The lowest BCUT2D eigenvalue weighted by molar-refractivity contribution is 0.0331. The summed E-state index contributed by atoms with van der Waals surface area (Å²) in [6.07, 6.45) is 5.92. The van der Waals surface area contributed by atoms with Gasteiger partial charge in [0.2, 0.25) is 0 Å². The lowest BCUT2D eigenvalue weighted by Crippen LogP contribution is -2.36. The van der Waals surface area contributed by atoms with Crippen molar-refractivity contribution in [2.45, 2.75) is 44.7 Å². The summed E-state index contributed by atoms with van der Waals surface area (Å²) in [6.45, 7) is 5.34. The molecular weight excluding hydrogens is 450 g/mol. The minimum Gasteiger partial charge on any atom is -0.379 e. The van der Waals surface area contributed by atoms with Gasteiger partial charge < -0.3 is 9.64 Å². The average molecular weight is 478 g/mol. The van der Waals surface area contributed by atoms with Gasteiger partial charge in [-0.15, -0.1) is 22.7 Å². The predicted octanol–water partition coefficient (Wildman–Crippen LogP) is 4.96. The summed E-state index contributed by atoms with van der Waals surface area (Å²) in [4.78, 5) is 23.1. The van der Waals surface area contributed by atoms with Crippen LogP contribution >= 0.6 is 22.7 Å². The number of thiazole rings is 1. The molecule has 170 valence electrons. The van der Waals surface area contributed by atoms with Gasteiger partial charge in [0.25, 0.3) is 0 Å². The lowest BCUT2D eigenvalue weighted by Gasteiger charge is -2.28. The van der Waals surface area contributed by atoms with E-state index in [0.717, 1.165) is 69.4 Å². The molecule has 1 aliphatic carbocycles. The minimum absolute atomic E-state index is 0.300. The summed E-state index contributed by atoms with van der Waals surface area (Å²) in [5, 5.41) is 2.55. The van der Waals surface area contributed by atoms with Gasteiger partial charge in [0.1, 0.15) is 21.5 Å². The molecule has 0 bridgehead atoms. The van der Waals surface area contributed by atoms with Gasteiger partial charge in [0.05, 0.1) is 41.4 Å². The molecule has 1 unspecified atom stereocenters. The molecule has 33 heavy (non-hydrogen) atoms. The van der Waals surface area contributed by atoms with E-state index in [1.54, 1.807) is 0 Å². The maximum atomic E-state index is 5.55. The maximum Gasteiger partial charge on any atom is 0.146 e.